The van der Waals surface area contributed by atoms with Crippen LogP contribution < -0.4 is 5.32 Å². The Morgan fingerprint density at radius 2 is 2.29 bits per heavy atom. The van der Waals surface area contributed by atoms with Gasteiger partial charge in [0.25, 0.3) is 0 Å². The molecule has 1 unspecified atom stereocenters. The zero-order valence-electron chi connectivity index (χ0n) is 10.2. The lowest BCUT2D eigenvalue weighted by Crippen LogP contribution is -2.36. The third-order valence-corrected chi connectivity index (χ3v) is 3.95. The van der Waals surface area contributed by atoms with Crippen molar-refractivity contribution >= 4 is 5.65 Å². The van der Waals surface area contributed by atoms with Crippen molar-refractivity contribution in [3.63, 3.8) is 0 Å². The Kier molecular flexibility index (Phi) is 2.36. The largest absolute Gasteiger partial charge is 0.316 e. The molecule has 2 aromatic heterocycles. The molecule has 0 spiro atoms. The third-order valence-electron chi connectivity index (χ3n) is 3.95. The van der Waals surface area contributed by atoms with Crippen molar-refractivity contribution in [2.75, 3.05) is 13.1 Å². The first-order valence-electron chi connectivity index (χ1n) is 6.10. The molecule has 90 valence electrons. The van der Waals surface area contributed by atoms with Crippen LogP contribution in [-0.2, 0) is 5.41 Å². The molecule has 0 saturated carbocycles. The van der Waals surface area contributed by atoms with E-state index in [-0.39, 0.29) is 5.41 Å². The predicted molar refractivity (Wildman–Crippen MR) is 64.8 cm³/mol. The van der Waals surface area contributed by atoms with Crippen LogP contribution in [0.3, 0.4) is 0 Å². The quantitative estimate of drug-likeness (QED) is 0.838. The molecule has 0 aliphatic carbocycles. The molecule has 0 aromatic carbocycles. The SMILES string of the molecule is CC(C)C1(c2nnc3cnccn23)CCNC1. The summed E-state index contributed by atoms with van der Waals surface area (Å²) < 4.78 is 2.07. The number of fused-ring (bicyclic) bond motifs is 1. The second kappa shape index (κ2) is 3.77. The van der Waals surface area contributed by atoms with Crippen molar-refractivity contribution in [1.29, 1.82) is 0 Å². The van der Waals surface area contributed by atoms with E-state index in [1.807, 2.05) is 6.20 Å². The summed E-state index contributed by atoms with van der Waals surface area (Å²) in [5.41, 5.74) is 0.926. The maximum atomic E-state index is 4.40. The number of hydrogen-bond donors (Lipinski definition) is 1. The van der Waals surface area contributed by atoms with Crippen molar-refractivity contribution in [2.24, 2.45) is 5.92 Å². The Morgan fingerprint density at radius 3 is 3.00 bits per heavy atom. The molecule has 5 heteroatoms. The van der Waals surface area contributed by atoms with Gasteiger partial charge >= 0.3 is 0 Å². The number of nitrogens with zero attached hydrogens (tertiary/aromatic N) is 4. The molecule has 5 nitrogen and oxygen atoms in total. The summed E-state index contributed by atoms with van der Waals surface area (Å²) in [7, 11) is 0. The van der Waals surface area contributed by atoms with E-state index in [1.165, 1.54) is 0 Å². The van der Waals surface area contributed by atoms with Gasteiger partial charge in [-0.2, -0.15) is 0 Å². The van der Waals surface area contributed by atoms with E-state index in [1.54, 1.807) is 12.4 Å². The summed E-state index contributed by atoms with van der Waals surface area (Å²) in [5.74, 6) is 1.60. The summed E-state index contributed by atoms with van der Waals surface area (Å²) >= 11 is 0. The van der Waals surface area contributed by atoms with E-state index in [0.29, 0.717) is 5.92 Å². The molecule has 1 fully saturated rings. The van der Waals surface area contributed by atoms with E-state index in [0.717, 1.165) is 31.0 Å². The van der Waals surface area contributed by atoms with Gasteiger partial charge in [0, 0.05) is 24.4 Å². The van der Waals surface area contributed by atoms with Crippen LogP contribution >= 0.6 is 0 Å². The monoisotopic (exact) mass is 231 g/mol. The normalized spacial score (nSPS) is 24.9. The first-order chi connectivity index (χ1) is 8.24. The van der Waals surface area contributed by atoms with E-state index in [9.17, 15) is 0 Å². The molecule has 17 heavy (non-hydrogen) atoms. The number of nitrogens with one attached hydrogen (secondary N) is 1. The van der Waals surface area contributed by atoms with E-state index in [2.05, 4.69) is 38.7 Å². The maximum Gasteiger partial charge on any atom is 0.179 e. The van der Waals surface area contributed by atoms with Gasteiger partial charge in [-0.25, -0.2) is 0 Å². The standard InChI is InChI=1S/C12H17N5/c1-9(2)12(3-4-14-8-12)11-16-15-10-7-13-5-6-17(10)11/h5-7,9,14H,3-4,8H2,1-2H3. The summed E-state index contributed by atoms with van der Waals surface area (Å²) in [5, 5.41) is 12.1. The summed E-state index contributed by atoms with van der Waals surface area (Å²) in [6.07, 6.45) is 6.62. The van der Waals surface area contributed by atoms with Gasteiger partial charge in [0.2, 0.25) is 0 Å². The minimum Gasteiger partial charge on any atom is -0.316 e. The maximum absolute atomic E-state index is 4.40. The van der Waals surface area contributed by atoms with Crippen LogP contribution in [0.25, 0.3) is 5.65 Å². The van der Waals surface area contributed by atoms with Gasteiger partial charge in [0.1, 0.15) is 5.82 Å². The highest BCUT2D eigenvalue weighted by atomic mass is 15.3. The fourth-order valence-electron chi connectivity index (χ4n) is 2.75. The van der Waals surface area contributed by atoms with Gasteiger partial charge in [0.15, 0.2) is 5.65 Å². The smallest absolute Gasteiger partial charge is 0.179 e. The van der Waals surface area contributed by atoms with Crippen molar-refractivity contribution in [3.8, 4) is 0 Å². The molecule has 0 amide bonds. The lowest BCUT2D eigenvalue weighted by molar-refractivity contribution is 0.315. The summed E-state index contributed by atoms with van der Waals surface area (Å²) in [6, 6.07) is 0. The fraction of sp³-hybridized carbons (Fsp3) is 0.583. The highest BCUT2D eigenvalue weighted by molar-refractivity contribution is 5.36. The fourth-order valence-corrected chi connectivity index (χ4v) is 2.75. The van der Waals surface area contributed by atoms with Crippen LogP contribution in [-0.4, -0.2) is 32.7 Å². The molecule has 0 bridgehead atoms. The Morgan fingerprint density at radius 1 is 1.41 bits per heavy atom. The number of aromatic nitrogens is 4. The van der Waals surface area contributed by atoms with Crippen molar-refractivity contribution in [2.45, 2.75) is 25.7 Å². The minimum absolute atomic E-state index is 0.0980. The molecule has 2 aromatic rings. The second-order valence-corrected chi connectivity index (χ2v) is 5.07. The average Bonchev–Trinajstić information content (AvgIpc) is 2.95. The van der Waals surface area contributed by atoms with Crippen molar-refractivity contribution in [3.05, 3.63) is 24.4 Å². The molecule has 1 N–H and O–H groups in total. The third kappa shape index (κ3) is 1.45. The van der Waals surface area contributed by atoms with Gasteiger partial charge in [-0.3, -0.25) is 9.38 Å². The minimum atomic E-state index is 0.0980. The van der Waals surface area contributed by atoms with Gasteiger partial charge in [0.05, 0.1) is 6.20 Å². The number of hydrogen-bond acceptors (Lipinski definition) is 4. The van der Waals surface area contributed by atoms with Gasteiger partial charge in [-0.1, -0.05) is 13.8 Å². The molecule has 1 aliphatic rings. The Labute approximate surface area is 100 Å². The van der Waals surface area contributed by atoms with Crippen LogP contribution in [0.2, 0.25) is 0 Å². The van der Waals surface area contributed by atoms with Crippen LogP contribution in [0.15, 0.2) is 18.6 Å². The Bertz CT molecular complexity index is 524. The highest BCUT2D eigenvalue weighted by Gasteiger charge is 2.42. The Balaban J connectivity index is 2.19. The van der Waals surface area contributed by atoms with Crippen LogP contribution in [0.5, 0.6) is 0 Å². The lowest BCUT2D eigenvalue weighted by atomic mass is 9.75. The van der Waals surface area contributed by atoms with Crippen LogP contribution in [0, 0.1) is 5.92 Å². The van der Waals surface area contributed by atoms with Gasteiger partial charge in [-0.15, -0.1) is 10.2 Å². The molecule has 0 radical (unpaired) electrons. The first kappa shape index (κ1) is 10.7. The molecule has 1 aliphatic heterocycles. The summed E-state index contributed by atoms with van der Waals surface area (Å²) in [6.45, 7) is 6.55. The van der Waals surface area contributed by atoms with E-state index in [4.69, 9.17) is 0 Å². The molecule has 1 atom stereocenters. The zero-order valence-corrected chi connectivity index (χ0v) is 10.2. The first-order valence-corrected chi connectivity index (χ1v) is 6.10. The molecule has 1 saturated heterocycles. The van der Waals surface area contributed by atoms with E-state index < -0.39 is 0 Å². The highest BCUT2D eigenvalue weighted by Crippen LogP contribution is 2.36. The Hall–Kier alpha value is -1.49. The predicted octanol–water partition coefficient (Wildman–Crippen LogP) is 1.01. The molecular weight excluding hydrogens is 214 g/mol. The van der Waals surface area contributed by atoms with Crippen LogP contribution in [0.4, 0.5) is 0 Å². The number of rotatable bonds is 2. The topological polar surface area (TPSA) is 55.1 Å². The van der Waals surface area contributed by atoms with Gasteiger partial charge < -0.3 is 5.32 Å². The lowest BCUT2D eigenvalue weighted by Gasteiger charge is -2.30. The van der Waals surface area contributed by atoms with Gasteiger partial charge in [-0.05, 0) is 18.9 Å². The molecule has 3 heterocycles. The zero-order chi connectivity index (χ0) is 11.9. The average molecular weight is 231 g/mol. The molecular formula is C12H17N5. The second-order valence-electron chi connectivity index (χ2n) is 5.07. The van der Waals surface area contributed by atoms with Crippen LogP contribution in [0.1, 0.15) is 26.1 Å². The molecule has 3 rings (SSSR count). The van der Waals surface area contributed by atoms with Crippen molar-refractivity contribution in [1.82, 2.24) is 24.9 Å². The van der Waals surface area contributed by atoms with Crippen molar-refractivity contribution < 1.29 is 0 Å². The summed E-state index contributed by atoms with van der Waals surface area (Å²) in [4.78, 5) is 4.08. The van der Waals surface area contributed by atoms with E-state index >= 15 is 0 Å².